The van der Waals surface area contributed by atoms with Gasteiger partial charge in [0.15, 0.2) is 0 Å². The number of ether oxygens (including phenoxy) is 1. The Bertz CT molecular complexity index is 557. The predicted molar refractivity (Wildman–Crippen MR) is 72.7 cm³/mol. The molecule has 96 valence electrons. The van der Waals surface area contributed by atoms with Gasteiger partial charge in [0.05, 0.1) is 13.0 Å². The molecule has 0 spiro atoms. The van der Waals surface area contributed by atoms with Gasteiger partial charge in [-0.3, -0.25) is 4.79 Å². The van der Waals surface area contributed by atoms with Crippen molar-refractivity contribution in [1.29, 1.82) is 0 Å². The fourth-order valence-electron chi connectivity index (χ4n) is 2.51. The van der Waals surface area contributed by atoms with Crippen molar-refractivity contribution in [2.75, 3.05) is 6.61 Å². The van der Waals surface area contributed by atoms with Gasteiger partial charge in [0.25, 0.3) is 0 Å². The highest BCUT2D eigenvalue weighted by molar-refractivity contribution is 5.85. The van der Waals surface area contributed by atoms with Crippen molar-refractivity contribution < 1.29 is 9.53 Å². The molecule has 1 heterocycles. The van der Waals surface area contributed by atoms with Gasteiger partial charge in [-0.05, 0) is 31.4 Å². The van der Waals surface area contributed by atoms with Crippen LogP contribution in [-0.4, -0.2) is 17.6 Å². The number of aromatic nitrogens is 1. The molecule has 2 rings (SSSR count). The van der Waals surface area contributed by atoms with E-state index in [2.05, 4.69) is 31.0 Å². The Kier molecular flexibility index (Phi) is 3.70. The number of esters is 1. The number of para-hydroxylation sites is 1. The predicted octanol–water partition coefficient (Wildman–Crippen LogP) is 3.53. The first-order valence-electron chi connectivity index (χ1n) is 6.36. The average Bonchev–Trinajstić information content (AvgIpc) is 2.64. The van der Waals surface area contributed by atoms with Crippen LogP contribution in [0, 0.1) is 6.92 Å². The highest BCUT2D eigenvalue weighted by Gasteiger charge is 2.18. The molecule has 0 fully saturated rings. The first-order valence-corrected chi connectivity index (χ1v) is 6.36. The maximum Gasteiger partial charge on any atom is 0.306 e. The molecule has 0 amide bonds. The van der Waals surface area contributed by atoms with Crippen molar-refractivity contribution in [2.45, 2.75) is 33.1 Å². The first-order chi connectivity index (χ1) is 8.63. The van der Waals surface area contributed by atoms with Gasteiger partial charge < -0.3 is 9.72 Å². The van der Waals surface area contributed by atoms with Gasteiger partial charge in [-0.2, -0.15) is 0 Å². The summed E-state index contributed by atoms with van der Waals surface area (Å²) in [5.74, 6) is 0.0369. The summed E-state index contributed by atoms with van der Waals surface area (Å²) in [6.45, 7) is 6.40. The molecule has 0 aliphatic rings. The fraction of sp³-hybridized carbons (Fsp3) is 0.400. The molecule has 0 aliphatic heterocycles. The molecular formula is C15H19NO2. The average molecular weight is 245 g/mol. The molecule has 0 radical (unpaired) electrons. The van der Waals surface area contributed by atoms with Gasteiger partial charge in [-0.15, -0.1) is 0 Å². The van der Waals surface area contributed by atoms with Crippen LogP contribution in [0.4, 0.5) is 0 Å². The summed E-state index contributed by atoms with van der Waals surface area (Å²) in [5, 5.41) is 1.20. The van der Waals surface area contributed by atoms with Crippen molar-refractivity contribution >= 4 is 16.9 Å². The number of fused-ring (bicyclic) bond motifs is 1. The van der Waals surface area contributed by atoms with E-state index in [1.807, 2.05) is 19.1 Å². The Labute approximate surface area is 107 Å². The molecule has 0 saturated heterocycles. The number of H-pyrrole nitrogens is 1. The minimum atomic E-state index is -0.130. The third kappa shape index (κ3) is 2.40. The van der Waals surface area contributed by atoms with Gasteiger partial charge in [0.2, 0.25) is 0 Å². The van der Waals surface area contributed by atoms with Crippen molar-refractivity contribution in [1.82, 2.24) is 4.98 Å². The zero-order valence-corrected chi connectivity index (χ0v) is 11.1. The van der Waals surface area contributed by atoms with Crippen LogP contribution in [0.15, 0.2) is 24.3 Å². The maximum absolute atomic E-state index is 11.6. The topological polar surface area (TPSA) is 42.1 Å². The minimum absolute atomic E-state index is 0.130. The second-order valence-electron chi connectivity index (χ2n) is 4.62. The van der Waals surface area contributed by atoms with Gasteiger partial charge in [0, 0.05) is 16.6 Å². The minimum Gasteiger partial charge on any atom is -0.466 e. The molecule has 2 aromatic rings. The molecule has 0 aliphatic carbocycles. The molecule has 18 heavy (non-hydrogen) atoms. The molecular weight excluding hydrogens is 226 g/mol. The Morgan fingerprint density at radius 1 is 1.39 bits per heavy atom. The summed E-state index contributed by atoms with van der Waals surface area (Å²) in [6.07, 6.45) is 0.427. The lowest BCUT2D eigenvalue weighted by Crippen LogP contribution is -2.08. The number of rotatable bonds is 4. The highest BCUT2D eigenvalue weighted by atomic mass is 16.5. The van der Waals surface area contributed by atoms with E-state index in [4.69, 9.17) is 4.74 Å². The molecule has 3 nitrogen and oxygen atoms in total. The van der Waals surface area contributed by atoms with Crippen molar-refractivity contribution in [2.24, 2.45) is 0 Å². The first kappa shape index (κ1) is 12.7. The van der Waals surface area contributed by atoms with E-state index in [0.717, 1.165) is 11.2 Å². The second-order valence-corrected chi connectivity index (χ2v) is 4.62. The Balaban J connectivity index is 2.29. The monoisotopic (exact) mass is 245 g/mol. The van der Waals surface area contributed by atoms with Crippen LogP contribution in [-0.2, 0) is 9.53 Å². The van der Waals surface area contributed by atoms with Gasteiger partial charge in [-0.1, -0.05) is 25.1 Å². The SMILES string of the molecule is CCOC(=O)CC(C)c1c(C)[nH]c2ccccc12. The number of benzene rings is 1. The van der Waals surface area contributed by atoms with Gasteiger partial charge in [-0.25, -0.2) is 0 Å². The standard InChI is InChI=1S/C15H19NO2/c1-4-18-14(17)9-10(2)15-11(3)16-13-8-6-5-7-12(13)15/h5-8,10,16H,4,9H2,1-3H3. The Morgan fingerprint density at radius 2 is 2.11 bits per heavy atom. The Hall–Kier alpha value is -1.77. The van der Waals surface area contributed by atoms with Crippen LogP contribution in [0.5, 0.6) is 0 Å². The van der Waals surface area contributed by atoms with Crippen molar-refractivity contribution in [3.63, 3.8) is 0 Å². The molecule has 0 bridgehead atoms. The van der Waals surface area contributed by atoms with E-state index in [1.54, 1.807) is 0 Å². The number of hydrogen-bond donors (Lipinski definition) is 1. The maximum atomic E-state index is 11.6. The summed E-state index contributed by atoms with van der Waals surface area (Å²) >= 11 is 0. The van der Waals surface area contributed by atoms with E-state index in [1.165, 1.54) is 10.9 Å². The largest absolute Gasteiger partial charge is 0.466 e. The van der Waals surface area contributed by atoms with Crippen LogP contribution in [0.1, 0.15) is 37.4 Å². The smallest absolute Gasteiger partial charge is 0.306 e. The molecule has 1 aromatic heterocycles. The lowest BCUT2D eigenvalue weighted by Gasteiger charge is -2.11. The molecule has 1 aromatic carbocycles. The van der Waals surface area contributed by atoms with Crippen LogP contribution in [0.25, 0.3) is 10.9 Å². The molecule has 0 saturated carbocycles. The van der Waals surface area contributed by atoms with Gasteiger partial charge >= 0.3 is 5.97 Å². The molecule has 3 heteroatoms. The van der Waals surface area contributed by atoms with Crippen LogP contribution in [0.3, 0.4) is 0 Å². The second kappa shape index (κ2) is 5.25. The highest BCUT2D eigenvalue weighted by Crippen LogP contribution is 2.30. The lowest BCUT2D eigenvalue weighted by molar-refractivity contribution is -0.143. The normalized spacial score (nSPS) is 12.6. The van der Waals surface area contributed by atoms with E-state index >= 15 is 0 Å². The number of aromatic amines is 1. The van der Waals surface area contributed by atoms with E-state index in [0.29, 0.717) is 13.0 Å². The third-order valence-corrected chi connectivity index (χ3v) is 3.21. The number of carbonyl (C=O) groups excluding carboxylic acids is 1. The Morgan fingerprint density at radius 3 is 2.83 bits per heavy atom. The number of nitrogens with one attached hydrogen (secondary N) is 1. The van der Waals surface area contributed by atoms with Crippen LogP contribution < -0.4 is 0 Å². The number of hydrogen-bond acceptors (Lipinski definition) is 2. The number of carbonyl (C=O) groups is 1. The zero-order chi connectivity index (χ0) is 13.1. The quantitative estimate of drug-likeness (QED) is 0.837. The van der Waals surface area contributed by atoms with E-state index in [9.17, 15) is 4.79 Å². The van der Waals surface area contributed by atoms with E-state index < -0.39 is 0 Å². The third-order valence-electron chi connectivity index (χ3n) is 3.21. The van der Waals surface area contributed by atoms with E-state index in [-0.39, 0.29) is 11.9 Å². The summed E-state index contributed by atoms with van der Waals surface area (Å²) in [7, 11) is 0. The van der Waals surface area contributed by atoms with Gasteiger partial charge in [0.1, 0.15) is 0 Å². The zero-order valence-electron chi connectivity index (χ0n) is 11.1. The summed E-state index contributed by atoms with van der Waals surface area (Å²) in [4.78, 5) is 14.9. The molecule has 1 atom stereocenters. The molecule has 1 N–H and O–H groups in total. The van der Waals surface area contributed by atoms with Crippen molar-refractivity contribution in [3.8, 4) is 0 Å². The van der Waals surface area contributed by atoms with Crippen LogP contribution >= 0.6 is 0 Å². The fourth-order valence-corrected chi connectivity index (χ4v) is 2.51. The van der Waals surface area contributed by atoms with Crippen molar-refractivity contribution in [3.05, 3.63) is 35.5 Å². The lowest BCUT2D eigenvalue weighted by atomic mass is 9.95. The summed E-state index contributed by atoms with van der Waals surface area (Å²) in [5.41, 5.74) is 3.48. The summed E-state index contributed by atoms with van der Waals surface area (Å²) in [6, 6.07) is 8.19. The number of aryl methyl sites for hydroxylation is 1. The van der Waals surface area contributed by atoms with Crippen LogP contribution in [0.2, 0.25) is 0 Å². The molecule has 1 unspecified atom stereocenters. The summed E-state index contributed by atoms with van der Waals surface area (Å²) < 4.78 is 5.01.